The van der Waals surface area contributed by atoms with Gasteiger partial charge in [0.05, 0.1) is 19.3 Å². The highest BCUT2D eigenvalue weighted by Gasteiger charge is 2.26. The molecule has 0 radical (unpaired) electrons. The van der Waals surface area contributed by atoms with Gasteiger partial charge in [0.15, 0.2) is 11.5 Å². The molecule has 128 valence electrons. The first-order chi connectivity index (χ1) is 12.2. The highest BCUT2D eigenvalue weighted by molar-refractivity contribution is 6.19. The molecule has 25 heavy (non-hydrogen) atoms. The molecule has 0 aromatic heterocycles. The lowest BCUT2D eigenvalue weighted by molar-refractivity contribution is -0.136. The van der Waals surface area contributed by atoms with E-state index in [1.807, 2.05) is 36.4 Å². The highest BCUT2D eigenvalue weighted by atomic mass is 16.7. The van der Waals surface area contributed by atoms with Crippen molar-refractivity contribution in [3.63, 3.8) is 0 Å². The van der Waals surface area contributed by atoms with Crippen LogP contribution in [-0.2, 0) is 16.0 Å². The van der Waals surface area contributed by atoms with Crippen molar-refractivity contribution < 1.29 is 23.7 Å². The van der Waals surface area contributed by atoms with Crippen molar-refractivity contribution in [2.45, 2.75) is 13.3 Å². The minimum absolute atomic E-state index is 0.187. The van der Waals surface area contributed by atoms with Crippen LogP contribution in [0.5, 0.6) is 17.2 Å². The number of carbonyl (C=O) groups is 1. The Bertz CT molecular complexity index is 882. The van der Waals surface area contributed by atoms with E-state index in [2.05, 4.69) is 0 Å². The second-order valence-electron chi connectivity index (χ2n) is 5.82. The lowest BCUT2D eigenvalue weighted by atomic mass is 9.93. The summed E-state index contributed by atoms with van der Waals surface area (Å²) in [5.74, 6) is 1.79. The molecule has 2 aromatic rings. The van der Waals surface area contributed by atoms with Gasteiger partial charge in [-0.25, -0.2) is 4.79 Å². The van der Waals surface area contributed by atoms with Gasteiger partial charge >= 0.3 is 5.97 Å². The molecule has 2 aromatic carbocycles. The monoisotopic (exact) mass is 338 g/mol. The molecule has 5 nitrogen and oxygen atoms in total. The van der Waals surface area contributed by atoms with Crippen molar-refractivity contribution >= 4 is 11.5 Å². The molecular formula is C20H18O5. The molecule has 2 aliphatic rings. The summed E-state index contributed by atoms with van der Waals surface area (Å²) in [7, 11) is 1.64. The standard InChI is InChI=1S/C20H18O5/c1-3-23-20(21)15-6-4-12-8-13(22-2)5-7-14(12)16-9-18-19(10-17(15)16)25-11-24-18/h5-10H,3-4,11H2,1-2H3. The molecule has 0 N–H and O–H groups in total. The van der Waals surface area contributed by atoms with Gasteiger partial charge < -0.3 is 18.9 Å². The summed E-state index contributed by atoms with van der Waals surface area (Å²) in [6.45, 7) is 2.32. The number of rotatable bonds is 3. The van der Waals surface area contributed by atoms with E-state index in [1.165, 1.54) is 0 Å². The maximum Gasteiger partial charge on any atom is 0.338 e. The zero-order valence-electron chi connectivity index (χ0n) is 14.1. The first kappa shape index (κ1) is 15.6. The number of ether oxygens (including phenoxy) is 4. The van der Waals surface area contributed by atoms with E-state index in [-0.39, 0.29) is 12.8 Å². The van der Waals surface area contributed by atoms with E-state index < -0.39 is 0 Å². The first-order valence-corrected chi connectivity index (χ1v) is 8.20. The van der Waals surface area contributed by atoms with E-state index in [9.17, 15) is 4.79 Å². The van der Waals surface area contributed by atoms with Gasteiger partial charge in [0, 0.05) is 5.56 Å². The van der Waals surface area contributed by atoms with Crippen LogP contribution in [0.1, 0.15) is 18.1 Å². The number of hydrogen-bond acceptors (Lipinski definition) is 5. The number of carbonyl (C=O) groups excluding carboxylic acids is 1. The Hall–Kier alpha value is -2.95. The van der Waals surface area contributed by atoms with Crippen LogP contribution >= 0.6 is 0 Å². The average Bonchev–Trinajstić information content (AvgIpc) is 3.02. The summed E-state index contributed by atoms with van der Waals surface area (Å²) >= 11 is 0. The molecule has 0 saturated carbocycles. The van der Waals surface area contributed by atoms with Crippen LogP contribution in [0.3, 0.4) is 0 Å². The summed E-state index contributed by atoms with van der Waals surface area (Å²) in [4.78, 5) is 12.5. The Balaban J connectivity index is 1.93. The first-order valence-electron chi connectivity index (χ1n) is 8.20. The van der Waals surface area contributed by atoms with Crippen LogP contribution in [0.2, 0.25) is 0 Å². The van der Waals surface area contributed by atoms with Gasteiger partial charge in [-0.2, -0.15) is 0 Å². The Morgan fingerprint density at radius 2 is 1.84 bits per heavy atom. The molecule has 1 heterocycles. The van der Waals surface area contributed by atoms with E-state index in [4.69, 9.17) is 18.9 Å². The molecule has 5 heteroatoms. The maximum atomic E-state index is 12.5. The Morgan fingerprint density at radius 1 is 1.08 bits per heavy atom. The molecule has 1 aliphatic heterocycles. The second kappa shape index (κ2) is 6.16. The quantitative estimate of drug-likeness (QED) is 0.801. The van der Waals surface area contributed by atoms with Crippen LogP contribution in [0.4, 0.5) is 0 Å². The Kier molecular flexibility index (Phi) is 3.84. The van der Waals surface area contributed by atoms with Crippen molar-refractivity contribution in [3.8, 4) is 28.4 Å². The largest absolute Gasteiger partial charge is 0.497 e. The fourth-order valence-electron chi connectivity index (χ4n) is 3.24. The van der Waals surface area contributed by atoms with E-state index in [1.54, 1.807) is 14.0 Å². The van der Waals surface area contributed by atoms with E-state index in [0.717, 1.165) is 28.0 Å². The van der Waals surface area contributed by atoms with Gasteiger partial charge in [-0.05, 0) is 54.3 Å². The number of fused-ring (bicyclic) bond motifs is 4. The fourth-order valence-corrected chi connectivity index (χ4v) is 3.24. The highest BCUT2D eigenvalue weighted by Crippen LogP contribution is 2.44. The molecule has 0 spiro atoms. The number of benzene rings is 2. The number of hydrogen-bond donors (Lipinski definition) is 0. The fraction of sp³-hybridized carbons (Fsp3) is 0.250. The molecule has 0 atom stereocenters. The minimum atomic E-state index is -0.331. The zero-order chi connectivity index (χ0) is 17.4. The molecule has 0 bridgehead atoms. The van der Waals surface area contributed by atoms with Crippen molar-refractivity contribution in [2.75, 3.05) is 20.5 Å². The molecule has 0 amide bonds. The zero-order valence-corrected chi connectivity index (χ0v) is 14.1. The molecule has 1 aliphatic carbocycles. The third-order valence-electron chi connectivity index (χ3n) is 4.43. The lowest BCUT2D eigenvalue weighted by Crippen LogP contribution is -2.07. The van der Waals surface area contributed by atoms with Gasteiger partial charge in [-0.15, -0.1) is 0 Å². The normalized spacial score (nSPS) is 14.1. The minimum Gasteiger partial charge on any atom is -0.497 e. The van der Waals surface area contributed by atoms with Crippen LogP contribution in [0, 0.1) is 0 Å². The van der Waals surface area contributed by atoms with Gasteiger partial charge in [-0.3, -0.25) is 0 Å². The predicted octanol–water partition coefficient (Wildman–Crippen LogP) is 3.59. The average molecular weight is 338 g/mol. The summed E-state index contributed by atoms with van der Waals surface area (Å²) < 4.78 is 21.6. The van der Waals surface area contributed by atoms with Gasteiger partial charge in [0.25, 0.3) is 0 Å². The van der Waals surface area contributed by atoms with Crippen LogP contribution in [-0.4, -0.2) is 26.5 Å². The summed E-state index contributed by atoms with van der Waals surface area (Å²) in [6, 6.07) is 9.72. The smallest absolute Gasteiger partial charge is 0.338 e. The molecular weight excluding hydrogens is 320 g/mol. The maximum absolute atomic E-state index is 12.5. The molecule has 0 unspecified atom stereocenters. The van der Waals surface area contributed by atoms with Crippen molar-refractivity contribution in [3.05, 3.63) is 47.5 Å². The van der Waals surface area contributed by atoms with Gasteiger partial charge in [0.2, 0.25) is 6.79 Å². The predicted molar refractivity (Wildman–Crippen MR) is 92.9 cm³/mol. The summed E-state index contributed by atoms with van der Waals surface area (Å²) in [6.07, 6.45) is 2.52. The Labute approximate surface area is 145 Å². The van der Waals surface area contributed by atoms with E-state index in [0.29, 0.717) is 30.1 Å². The summed E-state index contributed by atoms with van der Waals surface area (Å²) in [5, 5.41) is 0. The third kappa shape index (κ3) is 2.61. The molecule has 0 fully saturated rings. The van der Waals surface area contributed by atoms with Gasteiger partial charge in [0.1, 0.15) is 5.75 Å². The SMILES string of the molecule is CCOC(=O)C1=CCc2cc(OC)ccc2-c2cc3c(cc21)OCO3. The second-order valence-corrected chi connectivity index (χ2v) is 5.82. The van der Waals surface area contributed by atoms with Crippen LogP contribution < -0.4 is 14.2 Å². The van der Waals surface area contributed by atoms with Crippen LogP contribution in [0.15, 0.2) is 36.4 Å². The molecule has 0 saturated heterocycles. The number of allylic oxidation sites excluding steroid dienone is 1. The lowest BCUT2D eigenvalue weighted by Gasteiger charge is -2.14. The van der Waals surface area contributed by atoms with Crippen molar-refractivity contribution in [1.29, 1.82) is 0 Å². The Morgan fingerprint density at radius 3 is 2.56 bits per heavy atom. The van der Waals surface area contributed by atoms with Crippen LogP contribution in [0.25, 0.3) is 16.7 Å². The third-order valence-corrected chi connectivity index (χ3v) is 4.43. The van der Waals surface area contributed by atoms with E-state index >= 15 is 0 Å². The number of esters is 1. The van der Waals surface area contributed by atoms with Crippen molar-refractivity contribution in [1.82, 2.24) is 0 Å². The van der Waals surface area contributed by atoms with Gasteiger partial charge in [-0.1, -0.05) is 12.1 Å². The molecule has 4 rings (SSSR count). The number of methoxy groups -OCH3 is 1. The summed E-state index contributed by atoms with van der Waals surface area (Å²) in [5.41, 5.74) is 4.40. The van der Waals surface area contributed by atoms with Crippen molar-refractivity contribution in [2.24, 2.45) is 0 Å². The topological polar surface area (TPSA) is 54.0 Å².